The largest absolute Gasteiger partial charge is 0.451 e. The Hall–Kier alpha value is -3.34. The maximum atomic E-state index is 13.5. The molecule has 2 unspecified atom stereocenters. The van der Waals surface area contributed by atoms with E-state index in [1.54, 1.807) is 30.3 Å². The molecular weight excluding hydrogens is 522 g/mol. The third kappa shape index (κ3) is 4.79. The van der Waals surface area contributed by atoms with Crippen LogP contribution in [0, 0.1) is 5.82 Å². The highest BCUT2D eigenvalue weighted by Crippen LogP contribution is 2.37. The summed E-state index contributed by atoms with van der Waals surface area (Å²) in [6.45, 7) is -0.0427. The van der Waals surface area contributed by atoms with Gasteiger partial charge in [-0.1, -0.05) is 58.4 Å². The Kier molecular flexibility index (Phi) is 6.65. The number of benzene rings is 2. The predicted octanol–water partition coefficient (Wildman–Crippen LogP) is 5.25. The number of alkyl halides is 4. The van der Waals surface area contributed by atoms with Crippen molar-refractivity contribution in [3.8, 4) is 0 Å². The highest BCUT2D eigenvalue weighted by Gasteiger charge is 2.44. The molecule has 1 saturated heterocycles. The van der Waals surface area contributed by atoms with Gasteiger partial charge >= 0.3 is 12.3 Å². The minimum atomic E-state index is -4.74. The number of nitrogens with zero attached hydrogens (tertiary/aromatic N) is 3. The van der Waals surface area contributed by atoms with Gasteiger partial charge in [0.1, 0.15) is 23.3 Å². The number of cyclic esters (lactones) is 1. The van der Waals surface area contributed by atoms with Crippen molar-refractivity contribution in [1.82, 2.24) is 14.9 Å². The van der Waals surface area contributed by atoms with Crippen LogP contribution in [0.4, 0.5) is 22.4 Å². The van der Waals surface area contributed by atoms with Crippen molar-refractivity contribution in [1.29, 1.82) is 0 Å². The standard InChI is InChI=1S/C23H16BrF4N3O3/c24-19(20(32)31-17(12-34-22(31)33)13-4-2-1-3-5-13)18(14-6-8-16(25)9-7-14)15-10-29-21(30-11-15)23(26,27)28/h1-11,17-19H,12H2/t17-,18?,19?/m0/s1. The fourth-order valence-electron chi connectivity index (χ4n) is 3.71. The van der Waals surface area contributed by atoms with Crippen molar-refractivity contribution in [3.05, 3.63) is 95.3 Å². The molecule has 1 aromatic heterocycles. The van der Waals surface area contributed by atoms with Crippen LogP contribution in [0.3, 0.4) is 0 Å². The monoisotopic (exact) mass is 537 g/mol. The van der Waals surface area contributed by atoms with Crippen molar-refractivity contribution >= 4 is 27.9 Å². The van der Waals surface area contributed by atoms with Crippen LogP contribution in [0.15, 0.2) is 67.0 Å². The number of hydrogen-bond donors (Lipinski definition) is 0. The zero-order valence-electron chi connectivity index (χ0n) is 17.2. The average Bonchev–Trinajstić information content (AvgIpc) is 3.21. The molecule has 6 nitrogen and oxygen atoms in total. The number of amides is 2. The summed E-state index contributed by atoms with van der Waals surface area (Å²) in [6, 6.07) is 13.2. The van der Waals surface area contributed by atoms with E-state index in [2.05, 4.69) is 25.9 Å². The Morgan fingerprint density at radius 3 is 2.24 bits per heavy atom. The van der Waals surface area contributed by atoms with Crippen molar-refractivity contribution in [3.63, 3.8) is 0 Å². The molecule has 2 aromatic carbocycles. The summed E-state index contributed by atoms with van der Waals surface area (Å²) < 4.78 is 57.5. The summed E-state index contributed by atoms with van der Waals surface area (Å²) in [5.74, 6) is -3.47. The number of aromatic nitrogens is 2. The van der Waals surface area contributed by atoms with Gasteiger partial charge in [0, 0.05) is 18.3 Å². The maximum Gasteiger partial charge on any atom is 0.451 e. The summed E-state index contributed by atoms with van der Waals surface area (Å²) in [5, 5.41) is 0. The van der Waals surface area contributed by atoms with Gasteiger partial charge in [0.05, 0.1) is 0 Å². The molecule has 176 valence electrons. The molecule has 11 heteroatoms. The Morgan fingerprint density at radius 1 is 1.03 bits per heavy atom. The third-order valence-electron chi connectivity index (χ3n) is 5.34. The van der Waals surface area contributed by atoms with Crippen LogP contribution in [0.25, 0.3) is 0 Å². The summed E-state index contributed by atoms with van der Waals surface area (Å²) in [5.41, 5.74) is 1.25. The molecule has 0 aliphatic carbocycles. The number of carbonyl (C=O) groups is 2. The first-order chi connectivity index (χ1) is 16.2. The van der Waals surface area contributed by atoms with Gasteiger partial charge in [0.15, 0.2) is 0 Å². The van der Waals surface area contributed by atoms with Crippen molar-refractivity contribution in [2.45, 2.75) is 23.0 Å². The second kappa shape index (κ2) is 9.49. The third-order valence-corrected chi connectivity index (χ3v) is 6.26. The smallest absolute Gasteiger partial charge is 0.446 e. The summed E-state index contributed by atoms with van der Waals surface area (Å²) in [7, 11) is 0. The molecule has 3 aromatic rings. The normalized spacial score (nSPS) is 17.9. The van der Waals surface area contributed by atoms with Gasteiger partial charge in [-0.05, 0) is 28.8 Å². The number of halogens is 5. The van der Waals surface area contributed by atoms with Gasteiger partial charge in [-0.25, -0.2) is 24.1 Å². The zero-order valence-corrected chi connectivity index (χ0v) is 18.8. The Morgan fingerprint density at radius 2 is 1.65 bits per heavy atom. The van der Waals surface area contributed by atoms with Gasteiger partial charge in [-0.2, -0.15) is 13.2 Å². The summed E-state index contributed by atoms with van der Waals surface area (Å²) in [6.07, 6.45) is -3.66. The van der Waals surface area contributed by atoms with Gasteiger partial charge in [0.25, 0.3) is 0 Å². The Balaban J connectivity index is 1.71. The second-order valence-corrected chi connectivity index (χ2v) is 8.47. The molecule has 0 saturated carbocycles. The molecule has 0 spiro atoms. The lowest BCUT2D eigenvalue weighted by atomic mass is 9.89. The first-order valence-corrected chi connectivity index (χ1v) is 10.9. The minimum Gasteiger partial charge on any atom is -0.446 e. The molecule has 2 heterocycles. The topological polar surface area (TPSA) is 72.4 Å². The first-order valence-electron chi connectivity index (χ1n) is 10.00. The van der Waals surface area contributed by atoms with Crippen LogP contribution in [-0.2, 0) is 15.7 Å². The Bertz CT molecular complexity index is 1170. The average molecular weight is 538 g/mol. The van der Waals surface area contributed by atoms with E-state index in [4.69, 9.17) is 4.74 Å². The lowest BCUT2D eigenvalue weighted by Gasteiger charge is -2.27. The fraction of sp³-hybridized carbons (Fsp3) is 0.217. The highest BCUT2D eigenvalue weighted by atomic mass is 79.9. The van der Waals surface area contributed by atoms with Gasteiger partial charge in [0.2, 0.25) is 11.7 Å². The van der Waals surface area contributed by atoms with E-state index in [9.17, 15) is 27.2 Å². The zero-order chi connectivity index (χ0) is 24.5. The van der Waals surface area contributed by atoms with Crippen LogP contribution in [-0.4, -0.2) is 38.3 Å². The van der Waals surface area contributed by atoms with Gasteiger partial charge in [-0.3, -0.25) is 4.79 Å². The SMILES string of the molecule is O=C1OC[C@@H](c2ccccc2)N1C(=O)C(Br)C(c1ccc(F)cc1)c1cnc(C(F)(F)F)nc1. The molecular formula is C23H16BrF4N3O3. The summed E-state index contributed by atoms with van der Waals surface area (Å²) in [4.78, 5) is 32.6. The molecule has 4 rings (SSSR count). The lowest BCUT2D eigenvalue weighted by molar-refractivity contribution is -0.145. The van der Waals surface area contributed by atoms with Gasteiger partial charge in [-0.15, -0.1) is 0 Å². The molecule has 1 aliphatic rings. The molecule has 3 atom stereocenters. The fourth-order valence-corrected chi connectivity index (χ4v) is 4.54. The molecule has 2 amide bonds. The van der Waals surface area contributed by atoms with Crippen molar-refractivity contribution < 1.29 is 31.9 Å². The minimum absolute atomic E-state index is 0.0427. The predicted molar refractivity (Wildman–Crippen MR) is 115 cm³/mol. The van der Waals surface area contributed by atoms with Gasteiger partial charge < -0.3 is 4.74 Å². The molecule has 0 radical (unpaired) electrons. The number of rotatable bonds is 5. The first kappa shape index (κ1) is 23.8. The number of hydrogen-bond acceptors (Lipinski definition) is 5. The quantitative estimate of drug-likeness (QED) is 0.328. The number of carbonyl (C=O) groups excluding carboxylic acids is 2. The molecule has 0 bridgehead atoms. The van der Waals surface area contributed by atoms with E-state index >= 15 is 0 Å². The lowest BCUT2D eigenvalue weighted by Crippen LogP contribution is -2.41. The molecule has 1 fully saturated rings. The van der Waals surface area contributed by atoms with E-state index in [0.717, 1.165) is 29.4 Å². The molecule has 0 N–H and O–H groups in total. The van der Waals surface area contributed by atoms with Crippen LogP contribution >= 0.6 is 15.9 Å². The van der Waals surface area contributed by atoms with Crippen LogP contribution in [0.2, 0.25) is 0 Å². The Labute approximate surface area is 199 Å². The number of ether oxygens (including phenoxy) is 1. The highest BCUT2D eigenvalue weighted by molar-refractivity contribution is 9.10. The van der Waals surface area contributed by atoms with E-state index < -0.39 is 46.6 Å². The molecule has 34 heavy (non-hydrogen) atoms. The molecule has 1 aliphatic heterocycles. The maximum absolute atomic E-state index is 13.5. The summed E-state index contributed by atoms with van der Waals surface area (Å²) >= 11 is 3.33. The van der Waals surface area contributed by atoms with E-state index in [0.29, 0.717) is 11.1 Å². The van der Waals surface area contributed by atoms with Crippen LogP contribution in [0.1, 0.15) is 34.5 Å². The van der Waals surface area contributed by atoms with Crippen molar-refractivity contribution in [2.75, 3.05) is 6.61 Å². The van der Waals surface area contributed by atoms with Crippen molar-refractivity contribution in [2.24, 2.45) is 0 Å². The second-order valence-electron chi connectivity index (χ2n) is 7.48. The van der Waals surface area contributed by atoms with E-state index in [1.807, 2.05) is 0 Å². The van der Waals surface area contributed by atoms with Crippen LogP contribution in [0.5, 0.6) is 0 Å². The number of imide groups is 1. The van der Waals surface area contributed by atoms with Crippen LogP contribution < -0.4 is 0 Å². The van der Waals surface area contributed by atoms with E-state index in [-0.39, 0.29) is 12.2 Å². The van der Waals surface area contributed by atoms with E-state index in [1.165, 1.54) is 12.1 Å².